The van der Waals surface area contributed by atoms with Crippen molar-refractivity contribution in [3.05, 3.63) is 18.0 Å². The Labute approximate surface area is 110 Å². The van der Waals surface area contributed by atoms with Crippen molar-refractivity contribution >= 4 is 0 Å². The number of rotatable bonds is 3. The Kier molecular flexibility index (Phi) is 2.71. The van der Waals surface area contributed by atoms with Gasteiger partial charge in [0, 0.05) is 25.3 Å². The van der Waals surface area contributed by atoms with Gasteiger partial charge in [0.15, 0.2) is 0 Å². The molecule has 2 bridgehead atoms. The molecule has 0 spiro atoms. The maximum absolute atomic E-state index is 13.2. The Bertz CT molecular complexity index is 472. The topological polar surface area (TPSA) is 21.1 Å². The standard InChI is InChI=1S/C13H18F3N3/c1-9(2)19-4-3-11(17-19)8-18-7-10-5-12(18,6-10)13(14,15)16/h3-4,9-10H,5-8H2,1-2H3. The average Bonchev–Trinajstić information content (AvgIpc) is 2.87. The predicted molar refractivity (Wildman–Crippen MR) is 64.5 cm³/mol. The Morgan fingerprint density at radius 2 is 2.11 bits per heavy atom. The highest BCUT2D eigenvalue weighted by molar-refractivity contribution is 5.16. The molecule has 0 amide bonds. The van der Waals surface area contributed by atoms with E-state index in [4.69, 9.17) is 0 Å². The van der Waals surface area contributed by atoms with Crippen LogP contribution >= 0.6 is 0 Å². The quantitative estimate of drug-likeness (QED) is 0.844. The Morgan fingerprint density at radius 3 is 2.63 bits per heavy atom. The summed E-state index contributed by atoms with van der Waals surface area (Å²) in [5, 5.41) is 4.35. The lowest BCUT2D eigenvalue weighted by Gasteiger charge is -2.43. The summed E-state index contributed by atoms with van der Waals surface area (Å²) in [5.74, 6) is 0.216. The van der Waals surface area contributed by atoms with E-state index in [1.807, 2.05) is 26.1 Å². The molecule has 1 aromatic rings. The number of fused-ring (bicyclic) bond motifs is 1. The first-order valence-electron chi connectivity index (χ1n) is 6.68. The highest BCUT2D eigenvalue weighted by Crippen LogP contribution is 2.58. The highest BCUT2D eigenvalue weighted by atomic mass is 19.4. The van der Waals surface area contributed by atoms with E-state index >= 15 is 0 Å². The average molecular weight is 273 g/mol. The lowest BCUT2D eigenvalue weighted by atomic mass is 9.73. The van der Waals surface area contributed by atoms with Crippen LogP contribution in [0.1, 0.15) is 38.4 Å². The molecule has 3 aliphatic rings. The van der Waals surface area contributed by atoms with Crippen molar-refractivity contribution in [1.82, 2.24) is 14.7 Å². The molecule has 3 heterocycles. The predicted octanol–water partition coefficient (Wildman–Crippen LogP) is 2.99. The maximum Gasteiger partial charge on any atom is 0.406 e. The molecule has 1 aliphatic carbocycles. The fourth-order valence-electron chi connectivity index (χ4n) is 3.34. The van der Waals surface area contributed by atoms with E-state index in [2.05, 4.69) is 5.10 Å². The molecule has 0 radical (unpaired) electrons. The summed E-state index contributed by atoms with van der Waals surface area (Å²) in [6.45, 7) is 4.85. The van der Waals surface area contributed by atoms with Gasteiger partial charge in [0.25, 0.3) is 0 Å². The molecule has 106 valence electrons. The van der Waals surface area contributed by atoms with Crippen LogP contribution < -0.4 is 0 Å². The molecule has 0 atom stereocenters. The molecule has 4 rings (SSSR count). The third-order valence-electron chi connectivity index (χ3n) is 4.41. The van der Waals surface area contributed by atoms with E-state index in [-0.39, 0.29) is 24.8 Å². The second-order valence-corrected chi connectivity index (χ2v) is 6.06. The second kappa shape index (κ2) is 3.98. The normalized spacial score (nSPS) is 30.9. The summed E-state index contributed by atoms with van der Waals surface area (Å²) in [5.41, 5.74) is -0.843. The maximum atomic E-state index is 13.2. The minimum Gasteiger partial charge on any atom is -0.283 e. The molecule has 1 saturated carbocycles. The van der Waals surface area contributed by atoms with E-state index in [1.165, 1.54) is 0 Å². The van der Waals surface area contributed by atoms with Crippen LogP contribution in [-0.4, -0.2) is 32.9 Å². The van der Waals surface area contributed by atoms with Gasteiger partial charge in [-0.2, -0.15) is 18.3 Å². The fraction of sp³-hybridized carbons (Fsp3) is 0.769. The van der Waals surface area contributed by atoms with Crippen LogP contribution in [-0.2, 0) is 6.54 Å². The molecule has 0 aromatic carbocycles. The van der Waals surface area contributed by atoms with E-state index < -0.39 is 11.7 Å². The van der Waals surface area contributed by atoms with E-state index in [9.17, 15) is 13.2 Å². The van der Waals surface area contributed by atoms with E-state index in [0.29, 0.717) is 13.1 Å². The van der Waals surface area contributed by atoms with Gasteiger partial charge in [-0.1, -0.05) is 0 Å². The largest absolute Gasteiger partial charge is 0.406 e. The minimum atomic E-state index is -4.12. The van der Waals surface area contributed by atoms with Crippen LogP contribution in [0.2, 0.25) is 0 Å². The minimum absolute atomic E-state index is 0.216. The highest BCUT2D eigenvalue weighted by Gasteiger charge is 2.69. The first-order chi connectivity index (χ1) is 8.82. The summed E-state index contributed by atoms with van der Waals surface area (Å²) >= 11 is 0. The van der Waals surface area contributed by atoms with E-state index in [0.717, 1.165) is 5.69 Å². The van der Waals surface area contributed by atoms with Crippen molar-refractivity contribution < 1.29 is 13.2 Å². The van der Waals surface area contributed by atoms with Crippen LogP contribution in [0.25, 0.3) is 0 Å². The zero-order valence-corrected chi connectivity index (χ0v) is 11.1. The number of nitrogens with zero attached hydrogens (tertiary/aromatic N) is 3. The van der Waals surface area contributed by atoms with Crippen molar-refractivity contribution in [3.8, 4) is 0 Å². The number of hydrogen-bond donors (Lipinski definition) is 0. The van der Waals surface area contributed by atoms with Gasteiger partial charge in [-0.25, -0.2) is 0 Å². The van der Waals surface area contributed by atoms with Crippen LogP contribution in [0.3, 0.4) is 0 Å². The number of hydrogen-bond acceptors (Lipinski definition) is 2. The van der Waals surface area contributed by atoms with Crippen molar-refractivity contribution in [2.24, 2.45) is 5.92 Å². The number of aromatic nitrogens is 2. The molecule has 3 fully saturated rings. The van der Waals surface area contributed by atoms with E-state index in [1.54, 1.807) is 9.58 Å². The Balaban J connectivity index is 1.76. The molecule has 3 nitrogen and oxygen atoms in total. The van der Waals surface area contributed by atoms with Crippen molar-refractivity contribution in [3.63, 3.8) is 0 Å². The summed E-state index contributed by atoms with van der Waals surface area (Å²) in [4.78, 5) is 1.57. The first kappa shape index (κ1) is 13.0. The number of alkyl halides is 3. The van der Waals surface area contributed by atoms with Crippen molar-refractivity contribution in [1.29, 1.82) is 0 Å². The van der Waals surface area contributed by atoms with Crippen molar-refractivity contribution in [2.75, 3.05) is 6.54 Å². The SMILES string of the molecule is CC(C)n1ccc(CN2CC3CC2(C(F)(F)F)C3)n1. The summed E-state index contributed by atoms with van der Waals surface area (Å²) in [6.07, 6.45) is -1.76. The molecule has 19 heavy (non-hydrogen) atoms. The summed E-state index contributed by atoms with van der Waals surface area (Å²) in [7, 11) is 0. The van der Waals surface area contributed by atoms with Crippen LogP contribution in [0, 0.1) is 5.92 Å². The van der Waals surface area contributed by atoms with Crippen molar-refractivity contribution in [2.45, 2.75) is 51.0 Å². The monoisotopic (exact) mass is 273 g/mol. The third kappa shape index (κ3) is 1.88. The number of halogens is 3. The fourth-order valence-corrected chi connectivity index (χ4v) is 3.34. The smallest absolute Gasteiger partial charge is 0.283 e. The molecular weight excluding hydrogens is 255 g/mol. The van der Waals surface area contributed by atoms with Gasteiger partial charge in [0.2, 0.25) is 0 Å². The zero-order valence-electron chi connectivity index (χ0n) is 11.1. The second-order valence-electron chi connectivity index (χ2n) is 6.06. The lowest BCUT2D eigenvalue weighted by Crippen LogP contribution is -2.57. The van der Waals surface area contributed by atoms with Gasteiger partial charge in [0.05, 0.1) is 5.69 Å². The van der Waals surface area contributed by atoms with Crippen LogP contribution in [0.5, 0.6) is 0 Å². The molecular formula is C13H18F3N3. The Hall–Kier alpha value is -1.04. The van der Waals surface area contributed by atoms with Gasteiger partial charge in [-0.05, 0) is 38.7 Å². The summed E-state index contributed by atoms with van der Waals surface area (Å²) in [6, 6.07) is 2.05. The van der Waals surface area contributed by atoms with Gasteiger partial charge in [-0.15, -0.1) is 0 Å². The molecule has 0 N–H and O–H groups in total. The van der Waals surface area contributed by atoms with Crippen LogP contribution in [0.15, 0.2) is 12.3 Å². The third-order valence-corrected chi connectivity index (χ3v) is 4.41. The van der Waals surface area contributed by atoms with Gasteiger partial charge >= 0.3 is 6.18 Å². The lowest BCUT2D eigenvalue weighted by molar-refractivity contribution is -0.238. The van der Waals surface area contributed by atoms with Gasteiger partial charge in [-0.3, -0.25) is 9.58 Å². The molecule has 2 saturated heterocycles. The van der Waals surface area contributed by atoms with Crippen LogP contribution in [0.4, 0.5) is 13.2 Å². The van der Waals surface area contributed by atoms with Gasteiger partial charge < -0.3 is 0 Å². The molecule has 0 unspecified atom stereocenters. The van der Waals surface area contributed by atoms with Gasteiger partial charge in [0.1, 0.15) is 5.54 Å². The first-order valence-corrected chi connectivity index (χ1v) is 6.68. The zero-order chi connectivity index (χ0) is 13.8. The summed E-state index contributed by atoms with van der Waals surface area (Å²) < 4.78 is 41.4. The Morgan fingerprint density at radius 1 is 1.42 bits per heavy atom. The molecule has 1 aromatic heterocycles. The molecule has 2 aliphatic heterocycles. The molecule has 6 heteroatoms.